The molecule has 9 heteroatoms. The van der Waals surface area contributed by atoms with Gasteiger partial charge in [-0.05, 0) is 6.07 Å². The summed E-state index contributed by atoms with van der Waals surface area (Å²) in [5.41, 5.74) is 0.417. The van der Waals surface area contributed by atoms with Crippen molar-refractivity contribution in [1.29, 1.82) is 0 Å². The predicted octanol–water partition coefficient (Wildman–Crippen LogP) is 1.96. The van der Waals surface area contributed by atoms with E-state index in [2.05, 4.69) is 19.9 Å². The molecule has 0 saturated heterocycles. The average Bonchev–Trinajstić information content (AvgIpc) is 2.82. The van der Waals surface area contributed by atoms with Crippen molar-refractivity contribution in [2.75, 3.05) is 13.2 Å². The molecule has 0 radical (unpaired) electrons. The summed E-state index contributed by atoms with van der Waals surface area (Å²) < 4.78 is 44.9. The fourth-order valence-electron chi connectivity index (χ4n) is 1.37. The van der Waals surface area contributed by atoms with Gasteiger partial charge in [-0.2, -0.15) is 18.2 Å². The van der Waals surface area contributed by atoms with Crippen LogP contribution in [0, 0.1) is 0 Å². The summed E-state index contributed by atoms with van der Waals surface area (Å²) in [5.74, 6) is 0.278. The molecule has 108 valence electrons. The maximum absolute atomic E-state index is 11.8. The van der Waals surface area contributed by atoms with Gasteiger partial charge < -0.3 is 14.4 Å². The number of hydrogen-bond donors (Lipinski definition) is 1. The molecule has 6 nitrogen and oxygen atoms in total. The van der Waals surface area contributed by atoms with Crippen LogP contribution in [-0.4, -0.2) is 39.6 Å². The fraction of sp³-hybridized carbons (Fsp3) is 0.364. The van der Waals surface area contributed by atoms with Gasteiger partial charge >= 0.3 is 6.18 Å². The third-order valence-corrected chi connectivity index (χ3v) is 2.17. The first-order valence-electron chi connectivity index (χ1n) is 5.55. The summed E-state index contributed by atoms with van der Waals surface area (Å²) in [6.07, 6.45) is -1.61. The Bertz CT molecular complexity index is 571. The lowest BCUT2D eigenvalue weighted by molar-refractivity contribution is -0.173. The van der Waals surface area contributed by atoms with Crippen molar-refractivity contribution in [3.05, 3.63) is 24.3 Å². The Hall–Kier alpha value is -2.16. The van der Waals surface area contributed by atoms with Crippen molar-refractivity contribution in [1.82, 2.24) is 15.1 Å². The summed E-state index contributed by atoms with van der Waals surface area (Å²) in [6, 6.07) is 1.38. The van der Waals surface area contributed by atoms with E-state index in [1.807, 2.05) is 0 Å². The van der Waals surface area contributed by atoms with Crippen LogP contribution in [0.25, 0.3) is 11.5 Å². The van der Waals surface area contributed by atoms with Crippen molar-refractivity contribution < 1.29 is 27.5 Å². The molecule has 0 aliphatic carbocycles. The van der Waals surface area contributed by atoms with E-state index < -0.39 is 12.8 Å². The van der Waals surface area contributed by atoms with Crippen molar-refractivity contribution >= 4 is 0 Å². The van der Waals surface area contributed by atoms with Crippen molar-refractivity contribution in [2.45, 2.75) is 12.6 Å². The van der Waals surface area contributed by atoms with Crippen molar-refractivity contribution in [3.63, 3.8) is 0 Å². The average molecular weight is 289 g/mol. The van der Waals surface area contributed by atoms with Crippen LogP contribution in [0.2, 0.25) is 0 Å². The van der Waals surface area contributed by atoms with Crippen LogP contribution in [0.5, 0.6) is 5.75 Å². The van der Waals surface area contributed by atoms with Crippen molar-refractivity contribution in [3.8, 4) is 17.2 Å². The van der Waals surface area contributed by atoms with Gasteiger partial charge in [0.05, 0.1) is 18.4 Å². The Morgan fingerprint density at radius 2 is 2.10 bits per heavy atom. The van der Waals surface area contributed by atoms with Crippen LogP contribution in [-0.2, 0) is 11.2 Å². The minimum atomic E-state index is -4.35. The van der Waals surface area contributed by atoms with E-state index in [9.17, 15) is 18.3 Å². The minimum Gasteiger partial charge on any atom is -0.506 e. The van der Waals surface area contributed by atoms with Gasteiger partial charge in [0.1, 0.15) is 12.4 Å². The number of hydrogen-bond acceptors (Lipinski definition) is 6. The highest BCUT2D eigenvalue weighted by Gasteiger charge is 2.27. The lowest BCUT2D eigenvalue weighted by Crippen LogP contribution is -2.18. The molecule has 2 rings (SSSR count). The SMILES string of the molecule is Oc1cncc(-c2nc(CCOCC(F)(F)F)no2)c1. The molecule has 20 heavy (non-hydrogen) atoms. The van der Waals surface area contributed by atoms with Gasteiger partial charge in [0.25, 0.3) is 5.89 Å². The summed E-state index contributed by atoms with van der Waals surface area (Å²) in [6.45, 7) is -1.48. The van der Waals surface area contributed by atoms with Gasteiger partial charge in [0, 0.05) is 12.6 Å². The van der Waals surface area contributed by atoms with E-state index in [0.29, 0.717) is 5.56 Å². The van der Waals surface area contributed by atoms with Crippen LogP contribution in [0.3, 0.4) is 0 Å². The van der Waals surface area contributed by atoms with Gasteiger partial charge in [0.15, 0.2) is 5.82 Å². The fourth-order valence-corrected chi connectivity index (χ4v) is 1.37. The van der Waals surface area contributed by atoms with Crippen LogP contribution in [0.1, 0.15) is 5.82 Å². The molecular formula is C11H10F3N3O3. The Kier molecular flexibility index (Phi) is 4.18. The number of halogens is 3. The third kappa shape index (κ3) is 4.19. The van der Waals surface area contributed by atoms with E-state index >= 15 is 0 Å². The summed E-state index contributed by atoms with van der Waals surface area (Å²) in [5, 5.41) is 12.9. The van der Waals surface area contributed by atoms with Crippen molar-refractivity contribution in [2.24, 2.45) is 0 Å². The topological polar surface area (TPSA) is 81.3 Å². The Labute approximate surface area is 111 Å². The summed E-state index contributed by atoms with van der Waals surface area (Å²) in [4.78, 5) is 7.71. The molecule has 0 aliphatic rings. The molecule has 0 aliphatic heterocycles. The number of ether oxygens (including phenoxy) is 1. The molecule has 0 bridgehead atoms. The Morgan fingerprint density at radius 1 is 1.30 bits per heavy atom. The maximum Gasteiger partial charge on any atom is 0.411 e. The van der Waals surface area contributed by atoms with Crippen LogP contribution in [0.4, 0.5) is 13.2 Å². The summed E-state index contributed by atoms with van der Waals surface area (Å²) in [7, 11) is 0. The first-order chi connectivity index (χ1) is 9.44. The molecule has 0 atom stereocenters. The minimum absolute atomic E-state index is 0.0595. The highest BCUT2D eigenvalue weighted by molar-refractivity contribution is 5.53. The highest BCUT2D eigenvalue weighted by atomic mass is 19.4. The molecule has 2 aromatic heterocycles. The molecular weight excluding hydrogens is 279 g/mol. The molecule has 0 spiro atoms. The van der Waals surface area contributed by atoms with Gasteiger partial charge in [-0.25, -0.2) is 0 Å². The second-order valence-electron chi connectivity index (χ2n) is 3.87. The number of pyridine rings is 1. The number of alkyl halides is 3. The second-order valence-corrected chi connectivity index (χ2v) is 3.87. The standard InChI is InChI=1S/C11H10F3N3O3/c12-11(13,14)6-19-2-1-9-16-10(20-17-9)7-3-8(18)5-15-4-7/h3-5,18H,1-2,6H2. The molecule has 0 unspecified atom stereocenters. The first-order valence-corrected chi connectivity index (χ1v) is 5.55. The van der Waals surface area contributed by atoms with Gasteiger partial charge in [-0.1, -0.05) is 5.16 Å². The largest absolute Gasteiger partial charge is 0.506 e. The number of aromatic nitrogens is 3. The molecule has 2 aromatic rings. The molecule has 0 fully saturated rings. The van der Waals surface area contributed by atoms with Gasteiger partial charge in [0.2, 0.25) is 0 Å². The third-order valence-electron chi connectivity index (χ3n) is 2.17. The molecule has 1 N–H and O–H groups in total. The zero-order valence-corrected chi connectivity index (χ0v) is 10.1. The zero-order valence-electron chi connectivity index (χ0n) is 10.1. The van der Waals surface area contributed by atoms with E-state index in [1.165, 1.54) is 18.5 Å². The Balaban J connectivity index is 1.90. The van der Waals surface area contributed by atoms with Crippen LogP contribution >= 0.6 is 0 Å². The zero-order chi connectivity index (χ0) is 14.6. The number of nitrogens with zero attached hydrogens (tertiary/aromatic N) is 3. The lowest BCUT2D eigenvalue weighted by Gasteiger charge is -2.05. The number of aromatic hydroxyl groups is 1. The molecule has 0 aromatic carbocycles. The van der Waals surface area contributed by atoms with E-state index in [1.54, 1.807) is 0 Å². The normalized spacial score (nSPS) is 11.8. The molecule has 2 heterocycles. The number of rotatable bonds is 5. The highest BCUT2D eigenvalue weighted by Crippen LogP contribution is 2.20. The van der Waals surface area contributed by atoms with E-state index in [0.717, 1.165) is 0 Å². The first kappa shape index (κ1) is 14.3. The lowest BCUT2D eigenvalue weighted by atomic mass is 10.3. The monoisotopic (exact) mass is 289 g/mol. The molecule has 0 saturated carbocycles. The van der Waals surface area contributed by atoms with E-state index in [-0.39, 0.29) is 30.5 Å². The van der Waals surface area contributed by atoms with Gasteiger partial charge in [-0.15, -0.1) is 0 Å². The predicted molar refractivity (Wildman–Crippen MR) is 59.8 cm³/mol. The maximum atomic E-state index is 11.8. The quantitative estimate of drug-likeness (QED) is 0.847. The van der Waals surface area contributed by atoms with Crippen LogP contribution in [0.15, 0.2) is 23.0 Å². The van der Waals surface area contributed by atoms with E-state index in [4.69, 9.17) is 4.52 Å². The smallest absolute Gasteiger partial charge is 0.411 e. The summed E-state index contributed by atoms with van der Waals surface area (Å²) >= 11 is 0. The van der Waals surface area contributed by atoms with Crippen LogP contribution < -0.4 is 0 Å². The Morgan fingerprint density at radius 3 is 2.80 bits per heavy atom. The molecule has 0 amide bonds. The van der Waals surface area contributed by atoms with Gasteiger partial charge in [-0.3, -0.25) is 4.98 Å². The second kappa shape index (κ2) is 5.87.